The number of nitrogens with one attached hydrogen (secondary N) is 2. The maximum absolute atomic E-state index is 12.9. The summed E-state index contributed by atoms with van der Waals surface area (Å²) in [6.07, 6.45) is 1.61. The number of anilines is 1. The van der Waals surface area contributed by atoms with Gasteiger partial charge in [0, 0.05) is 29.1 Å². The van der Waals surface area contributed by atoms with E-state index in [0.29, 0.717) is 28.5 Å². The number of carbonyl (C=O) groups is 3. The molecule has 0 radical (unpaired) electrons. The summed E-state index contributed by atoms with van der Waals surface area (Å²) in [6.45, 7) is -0.739. The van der Waals surface area contributed by atoms with E-state index in [1.54, 1.807) is 49.2 Å². The molecule has 12 heteroatoms. The third-order valence-electron chi connectivity index (χ3n) is 5.46. The number of hydrogen-bond acceptors (Lipinski definition) is 8. The number of methoxy groups -OCH3 is 2. The van der Waals surface area contributed by atoms with Gasteiger partial charge in [0.25, 0.3) is 11.8 Å². The van der Waals surface area contributed by atoms with E-state index in [9.17, 15) is 14.4 Å². The van der Waals surface area contributed by atoms with E-state index in [0.717, 1.165) is 5.56 Å². The number of carbonyl (C=O) groups excluding carboxylic acids is 2. The van der Waals surface area contributed by atoms with Crippen molar-refractivity contribution in [2.24, 2.45) is 0 Å². The summed E-state index contributed by atoms with van der Waals surface area (Å²) < 4.78 is 12.2. The lowest BCUT2D eigenvalue weighted by Gasteiger charge is -2.12. The highest BCUT2D eigenvalue weighted by Crippen LogP contribution is 2.32. The van der Waals surface area contributed by atoms with Gasteiger partial charge in [-0.3, -0.25) is 9.59 Å². The predicted molar refractivity (Wildman–Crippen MR) is 132 cm³/mol. The van der Waals surface area contributed by atoms with Crippen molar-refractivity contribution in [2.75, 3.05) is 26.1 Å². The molecule has 0 spiro atoms. The first-order chi connectivity index (χ1) is 17.8. The van der Waals surface area contributed by atoms with Crippen molar-refractivity contribution >= 4 is 29.1 Å². The molecule has 0 fully saturated rings. The Morgan fingerprint density at radius 1 is 0.973 bits per heavy atom. The van der Waals surface area contributed by atoms with Gasteiger partial charge in [-0.2, -0.15) is 5.10 Å². The molecule has 12 nitrogen and oxygen atoms in total. The molecule has 2 aromatic heterocycles. The fourth-order valence-corrected chi connectivity index (χ4v) is 3.55. The van der Waals surface area contributed by atoms with Gasteiger partial charge in [0.15, 0.2) is 28.9 Å². The number of aliphatic hydroxyl groups excluding tert-OH is 1. The van der Waals surface area contributed by atoms with Gasteiger partial charge in [0.2, 0.25) is 0 Å². The van der Waals surface area contributed by atoms with Gasteiger partial charge in [0.05, 0.1) is 26.5 Å². The maximum atomic E-state index is 12.9. The number of hydrogen-bond donors (Lipinski definition) is 4. The molecule has 2 aromatic carbocycles. The Hall–Kier alpha value is -4.97. The molecular weight excluding hydrogens is 482 g/mol. The topological polar surface area (TPSA) is 164 Å². The van der Waals surface area contributed by atoms with Gasteiger partial charge < -0.3 is 30.3 Å². The van der Waals surface area contributed by atoms with E-state index in [-0.39, 0.29) is 11.3 Å². The third-order valence-corrected chi connectivity index (χ3v) is 5.46. The van der Waals surface area contributed by atoms with Crippen molar-refractivity contribution in [1.82, 2.24) is 19.9 Å². The van der Waals surface area contributed by atoms with E-state index in [4.69, 9.17) is 19.7 Å². The van der Waals surface area contributed by atoms with Crippen LogP contribution in [-0.4, -0.2) is 69.5 Å². The molecule has 0 saturated heterocycles. The summed E-state index contributed by atoms with van der Waals surface area (Å²) in [6, 6.07) is 13.1. The molecular formula is C25H23N5O7. The monoisotopic (exact) mass is 505 g/mol. The lowest BCUT2D eigenvalue weighted by Crippen LogP contribution is -2.43. The molecule has 4 aromatic rings. The first kappa shape index (κ1) is 25.1. The van der Waals surface area contributed by atoms with Gasteiger partial charge in [-0.05, 0) is 48.5 Å². The summed E-state index contributed by atoms with van der Waals surface area (Å²) in [5.74, 6) is -1.39. The number of carboxylic acids is 1. The lowest BCUT2D eigenvalue weighted by atomic mass is 10.1. The molecule has 2 amide bonds. The number of nitrogens with zero attached hydrogens (tertiary/aromatic N) is 3. The molecule has 4 rings (SSSR count). The summed E-state index contributed by atoms with van der Waals surface area (Å²) >= 11 is 0. The molecule has 0 aliphatic heterocycles. The zero-order valence-corrected chi connectivity index (χ0v) is 19.8. The molecule has 1 unspecified atom stereocenters. The molecule has 4 N–H and O–H groups in total. The van der Waals surface area contributed by atoms with Gasteiger partial charge in [-0.1, -0.05) is 0 Å². The van der Waals surface area contributed by atoms with Crippen molar-refractivity contribution in [2.45, 2.75) is 6.04 Å². The fraction of sp³-hybridized carbons (Fsp3) is 0.160. The number of aliphatic hydroxyl groups is 1. The largest absolute Gasteiger partial charge is 0.493 e. The van der Waals surface area contributed by atoms with Crippen LogP contribution >= 0.6 is 0 Å². The van der Waals surface area contributed by atoms with Gasteiger partial charge in [-0.15, -0.1) is 0 Å². The number of carboxylic acid groups (broad SMARTS) is 1. The highest BCUT2D eigenvalue weighted by atomic mass is 16.5. The Bertz CT molecular complexity index is 1470. The van der Waals surface area contributed by atoms with Crippen LogP contribution in [-0.2, 0) is 4.79 Å². The minimum Gasteiger partial charge on any atom is -0.493 e. The molecule has 0 saturated carbocycles. The average Bonchev–Trinajstić information content (AvgIpc) is 3.36. The number of aromatic nitrogens is 3. The van der Waals surface area contributed by atoms with E-state index in [1.807, 2.05) is 6.07 Å². The van der Waals surface area contributed by atoms with Crippen LogP contribution < -0.4 is 20.1 Å². The molecule has 0 aliphatic rings. The minimum atomic E-state index is -1.42. The Balaban J connectivity index is 1.53. The summed E-state index contributed by atoms with van der Waals surface area (Å²) in [5, 5.41) is 27.3. The van der Waals surface area contributed by atoms with Crippen LogP contribution in [0, 0.1) is 0 Å². The predicted octanol–water partition coefficient (Wildman–Crippen LogP) is 1.84. The van der Waals surface area contributed by atoms with E-state index in [1.165, 1.54) is 24.3 Å². The molecule has 1 atom stereocenters. The Morgan fingerprint density at radius 3 is 2.35 bits per heavy atom. The number of rotatable bonds is 9. The van der Waals surface area contributed by atoms with Crippen molar-refractivity contribution in [3.05, 3.63) is 72.1 Å². The summed E-state index contributed by atoms with van der Waals surface area (Å²) in [4.78, 5) is 40.3. The Kier molecular flexibility index (Phi) is 7.30. The van der Waals surface area contributed by atoms with Crippen LogP contribution in [0.3, 0.4) is 0 Å². The van der Waals surface area contributed by atoms with Crippen LogP contribution in [0.5, 0.6) is 11.5 Å². The number of aliphatic carboxylic acids is 1. The van der Waals surface area contributed by atoms with Crippen LogP contribution in [0.25, 0.3) is 16.9 Å². The Morgan fingerprint density at radius 2 is 1.70 bits per heavy atom. The smallest absolute Gasteiger partial charge is 0.328 e. The second-order valence-electron chi connectivity index (χ2n) is 7.78. The van der Waals surface area contributed by atoms with Gasteiger partial charge in [0.1, 0.15) is 0 Å². The maximum Gasteiger partial charge on any atom is 0.328 e. The van der Waals surface area contributed by atoms with Crippen LogP contribution in [0.4, 0.5) is 5.69 Å². The fourth-order valence-electron chi connectivity index (χ4n) is 3.55. The third kappa shape index (κ3) is 5.33. The zero-order valence-electron chi connectivity index (χ0n) is 19.8. The second kappa shape index (κ2) is 10.7. The average molecular weight is 505 g/mol. The minimum absolute atomic E-state index is 0.120. The molecule has 190 valence electrons. The number of amides is 2. The SMILES string of the molecule is COc1ccc(-c2ccnc3cc(C(=O)Nc4ccc(C(=O)NC(CO)C(=O)O)cc4)nn23)cc1OC. The highest BCUT2D eigenvalue weighted by Gasteiger charge is 2.20. The van der Waals surface area contributed by atoms with Crippen LogP contribution in [0.1, 0.15) is 20.8 Å². The quantitative estimate of drug-likeness (QED) is 0.266. The zero-order chi connectivity index (χ0) is 26.5. The van der Waals surface area contributed by atoms with E-state index in [2.05, 4.69) is 20.7 Å². The van der Waals surface area contributed by atoms with Crippen molar-refractivity contribution < 1.29 is 34.1 Å². The van der Waals surface area contributed by atoms with Crippen LogP contribution in [0.2, 0.25) is 0 Å². The molecule has 2 heterocycles. The first-order valence-electron chi connectivity index (χ1n) is 11.0. The van der Waals surface area contributed by atoms with Gasteiger partial charge in [-0.25, -0.2) is 14.3 Å². The second-order valence-corrected chi connectivity index (χ2v) is 7.78. The van der Waals surface area contributed by atoms with E-state index >= 15 is 0 Å². The van der Waals surface area contributed by atoms with E-state index < -0.39 is 30.4 Å². The highest BCUT2D eigenvalue weighted by molar-refractivity contribution is 6.04. The number of benzene rings is 2. The molecule has 37 heavy (non-hydrogen) atoms. The molecule has 0 aliphatic carbocycles. The van der Waals surface area contributed by atoms with Crippen molar-refractivity contribution in [3.63, 3.8) is 0 Å². The molecule has 0 bridgehead atoms. The van der Waals surface area contributed by atoms with Crippen molar-refractivity contribution in [1.29, 1.82) is 0 Å². The standard InChI is InChI=1S/C25H23N5O7/c1-36-20-8-5-15(11-21(20)37-2)19-9-10-26-22-12-17(29-30(19)22)24(33)27-16-6-3-14(4-7-16)23(32)28-18(13-31)25(34)35/h3-12,18,31H,13H2,1-2H3,(H,27,33)(H,28,32)(H,34,35). The van der Waals surface area contributed by atoms with Gasteiger partial charge >= 0.3 is 5.97 Å². The lowest BCUT2D eigenvalue weighted by molar-refractivity contribution is -0.140. The number of ether oxygens (including phenoxy) is 2. The van der Waals surface area contributed by atoms with Crippen molar-refractivity contribution in [3.8, 4) is 22.8 Å². The normalized spacial score (nSPS) is 11.5. The number of fused-ring (bicyclic) bond motifs is 1. The van der Waals surface area contributed by atoms with Crippen LogP contribution in [0.15, 0.2) is 60.8 Å². The summed E-state index contributed by atoms with van der Waals surface area (Å²) in [5.41, 5.74) is 2.59. The first-order valence-corrected chi connectivity index (χ1v) is 11.0. The summed E-state index contributed by atoms with van der Waals surface area (Å²) in [7, 11) is 3.09. The Labute approximate surface area is 210 Å².